The highest BCUT2D eigenvalue weighted by atomic mass is 32.2. The van der Waals surface area contributed by atoms with Crippen LogP contribution in [0.4, 0.5) is 8.78 Å². The third kappa shape index (κ3) is 2.63. The molecule has 0 amide bonds. The van der Waals surface area contributed by atoms with E-state index in [9.17, 15) is 13.0 Å². The fourth-order valence-corrected chi connectivity index (χ4v) is 4.36. The van der Waals surface area contributed by atoms with Crippen molar-refractivity contribution >= 4 is 10.8 Å². The van der Waals surface area contributed by atoms with Crippen molar-refractivity contribution in [2.24, 2.45) is 5.73 Å². The molecule has 3 atom stereocenters. The molecule has 2 aromatic carbocycles. The molecule has 0 radical (unpaired) electrons. The quantitative estimate of drug-likeness (QED) is 0.926. The lowest BCUT2D eigenvalue weighted by molar-refractivity contribution is 0.547. The Bertz CT molecular complexity index is 704. The number of fused-ring (bicyclic) bond motifs is 1. The molecule has 0 bridgehead atoms. The van der Waals surface area contributed by atoms with Crippen molar-refractivity contribution in [3.8, 4) is 0 Å². The molecule has 3 unspecified atom stereocenters. The Balaban J connectivity index is 1.95. The minimum absolute atomic E-state index is 0.102. The minimum Gasteiger partial charge on any atom is -0.323 e. The second-order valence-corrected chi connectivity index (χ2v) is 6.81. The maximum Gasteiger partial charge on any atom is 0.139 e. The molecular weight excluding hydrogens is 292 g/mol. The molecule has 110 valence electrons. The molecule has 0 fully saturated rings. The number of hydrogen-bond acceptors (Lipinski definition) is 2. The molecule has 5 heteroatoms. The highest BCUT2D eigenvalue weighted by Gasteiger charge is 2.32. The predicted molar refractivity (Wildman–Crippen MR) is 78.2 cm³/mol. The van der Waals surface area contributed by atoms with Crippen LogP contribution in [0.2, 0.25) is 0 Å². The van der Waals surface area contributed by atoms with Gasteiger partial charge in [-0.1, -0.05) is 24.3 Å². The Morgan fingerprint density at radius 3 is 2.71 bits per heavy atom. The van der Waals surface area contributed by atoms with Gasteiger partial charge in [0.05, 0.1) is 20.9 Å². The second-order valence-electron chi connectivity index (χ2n) is 5.17. The first-order valence-corrected chi connectivity index (χ1v) is 7.98. The summed E-state index contributed by atoms with van der Waals surface area (Å²) in [6.07, 6.45) is 1.35. The van der Waals surface area contributed by atoms with Gasteiger partial charge < -0.3 is 5.73 Å². The van der Waals surface area contributed by atoms with Gasteiger partial charge in [0.25, 0.3) is 0 Å². The van der Waals surface area contributed by atoms with Crippen molar-refractivity contribution in [2.45, 2.75) is 29.0 Å². The Labute approximate surface area is 124 Å². The lowest BCUT2D eigenvalue weighted by Gasteiger charge is -2.30. The highest BCUT2D eigenvalue weighted by Crippen LogP contribution is 2.33. The van der Waals surface area contributed by atoms with Gasteiger partial charge in [0.15, 0.2) is 0 Å². The molecule has 1 aliphatic rings. The van der Waals surface area contributed by atoms with Gasteiger partial charge >= 0.3 is 0 Å². The van der Waals surface area contributed by atoms with E-state index in [1.165, 1.54) is 0 Å². The molecule has 0 aromatic heterocycles. The van der Waals surface area contributed by atoms with Gasteiger partial charge in [-0.05, 0) is 42.2 Å². The van der Waals surface area contributed by atoms with Crippen LogP contribution in [-0.2, 0) is 17.2 Å². The molecule has 0 heterocycles. The molecule has 0 aliphatic heterocycles. The zero-order valence-corrected chi connectivity index (χ0v) is 12.1. The van der Waals surface area contributed by atoms with Gasteiger partial charge in [-0.3, -0.25) is 4.21 Å². The van der Waals surface area contributed by atoms with Gasteiger partial charge in [0, 0.05) is 6.04 Å². The minimum atomic E-state index is -1.67. The van der Waals surface area contributed by atoms with E-state index in [1.54, 1.807) is 0 Å². The molecule has 2 nitrogen and oxygen atoms in total. The van der Waals surface area contributed by atoms with Crippen molar-refractivity contribution < 1.29 is 13.0 Å². The maximum atomic E-state index is 13.8. The van der Waals surface area contributed by atoms with E-state index >= 15 is 0 Å². The molecule has 3 rings (SSSR count). The molecular formula is C16H15F2NOS. The number of nitrogens with two attached hydrogens (primary N) is 1. The summed E-state index contributed by atoms with van der Waals surface area (Å²) >= 11 is 0. The zero-order valence-electron chi connectivity index (χ0n) is 11.3. The van der Waals surface area contributed by atoms with Crippen LogP contribution in [0.1, 0.15) is 23.6 Å². The van der Waals surface area contributed by atoms with E-state index in [0.717, 1.165) is 35.7 Å². The topological polar surface area (TPSA) is 43.1 Å². The average Bonchev–Trinajstić information content (AvgIpc) is 2.50. The van der Waals surface area contributed by atoms with Crippen molar-refractivity contribution in [2.75, 3.05) is 0 Å². The van der Waals surface area contributed by atoms with Gasteiger partial charge in [-0.25, -0.2) is 8.78 Å². The van der Waals surface area contributed by atoms with Crippen LogP contribution in [0.5, 0.6) is 0 Å². The third-order valence-corrected chi connectivity index (χ3v) is 5.72. The Kier molecular flexibility index (Phi) is 3.87. The van der Waals surface area contributed by atoms with Crippen molar-refractivity contribution in [1.29, 1.82) is 0 Å². The molecule has 2 aromatic rings. The van der Waals surface area contributed by atoms with Gasteiger partial charge in [-0.2, -0.15) is 0 Å². The van der Waals surface area contributed by atoms with Gasteiger partial charge in [0.2, 0.25) is 0 Å². The standard InChI is InChI=1S/C16H15F2NOS/c17-11-6-7-13(18)15(9-11)21(20)14-8-5-10-3-1-2-4-12(10)16(14)19/h1-4,6-7,9,14,16H,5,8,19H2. The molecule has 21 heavy (non-hydrogen) atoms. The molecule has 1 aliphatic carbocycles. The SMILES string of the molecule is NC1c2ccccc2CCC1S(=O)c1cc(F)ccc1F. The van der Waals surface area contributed by atoms with E-state index in [4.69, 9.17) is 5.73 Å². The third-order valence-electron chi connectivity index (χ3n) is 3.90. The fourth-order valence-electron chi connectivity index (χ4n) is 2.80. The summed E-state index contributed by atoms with van der Waals surface area (Å²) in [4.78, 5) is -0.102. The number of rotatable bonds is 2. The van der Waals surface area contributed by atoms with Gasteiger partial charge in [-0.15, -0.1) is 0 Å². The largest absolute Gasteiger partial charge is 0.323 e. The monoisotopic (exact) mass is 307 g/mol. The van der Waals surface area contributed by atoms with Crippen molar-refractivity contribution in [3.05, 3.63) is 65.2 Å². The van der Waals surface area contributed by atoms with Crippen LogP contribution in [0.15, 0.2) is 47.4 Å². The van der Waals surface area contributed by atoms with Crippen LogP contribution >= 0.6 is 0 Å². The Morgan fingerprint density at radius 2 is 1.90 bits per heavy atom. The number of aryl methyl sites for hydroxylation is 1. The zero-order chi connectivity index (χ0) is 15.0. The van der Waals surface area contributed by atoms with E-state index in [-0.39, 0.29) is 4.90 Å². The Hall–Kier alpha value is -1.59. The summed E-state index contributed by atoms with van der Waals surface area (Å²) in [5.74, 6) is -1.25. The van der Waals surface area contributed by atoms with Gasteiger partial charge in [0.1, 0.15) is 11.6 Å². The number of halogens is 2. The van der Waals surface area contributed by atoms with Crippen LogP contribution in [0, 0.1) is 11.6 Å². The normalized spacial score (nSPS) is 22.6. The van der Waals surface area contributed by atoms with Crippen LogP contribution in [0.25, 0.3) is 0 Å². The Morgan fingerprint density at radius 1 is 1.14 bits per heavy atom. The summed E-state index contributed by atoms with van der Waals surface area (Å²) in [6.45, 7) is 0. The van der Waals surface area contributed by atoms with E-state index in [2.05, 4.69) is 0 Å². The predicted octanol–water partition coefficient (Wildman–Crippen LogP) is 3.09. The van der Waals surface area contributed by atoms with Crippen molar-refractivity contribution in [1.82, 2.24) is 0 Å². The maximum absolute atomic E-state index is 13.8. The molecule has 0 saturated carbocycles. The summed E-state index contributed by atoms with van der Waals surface area (Å²) in [5.41, 5.74) is 8.29. The van der Waals surface area contributed by atoms with Crippen LogP contribution < -0.4 is 5.73 Å². The van der Waals surface area contributed by atoms with Crippen LogP contribution in [0.3, 0.4) is 0 Å². The summed E-state index contributed by atoms with van der Waals surface area (Å²) in [7, 11) is -1.67. The lowest BCUT2D eigenvalue weighted by atomic mass is 9.88. The molecule has 0 saturated heterocycles. The second kappa shape index (κ2) is 5.66. The van der Waals surface area contributed by atoms with E-state index in [1.807, 2.05) is 24.3 Å². The number of benzene rings is 2. The lowest BCUT2D eigenvalue weighted by Crippen LogP contribution is -2.35. The first-order chi connectivity index (χ1) is 10.1. The smallest absolute Gasteiger partial charge is 0.139 e. The van der Waals surface area contributed by atoms with Crippen molar-refractivity contribution in [3.63, 3.8) is 0 Å². The first-order valence-electron chi connectivity index (χ1n) is 6.77. The first kappa shape index (κ1) is 14.4. The summed E-state index contributed by atoms with van der Waals surface area (Å²) in [6, 6.07) is 10.3. The van der Waals surface area contributed by atoms with Crippen LogP contribution in [-0.4, -0.2) is 9.46 Å². The van der Waals surface area contributed by atoms with E-state index in [0.29, 0.717) is 6.42 Å². The molecule has 2 N–H and O–H groups in total. The van der Waals surface area contributed by atoms with E-state index < -0.39 is 33.7 Å². The highest BCUT2D eigenvalue weighted by molar-refractivity contribution is 7.85. The average molecular weight is 307 g/mol. The fraction of sp³-hybridized carbons (Fsp3) is 0.250. The number of hydrogen-bond donors (Lipinski definition) is 1. The summed E-state index contributed by atoms with van der Waals surface area (Å²) < 4.78 is 39.7. The molecule has 0 spiro atoms. The summed E-state index contributed by atoms with van der Waals surface area (Å²) in [5, 5.41) is -0.406.